The number of carbonyl (C=O) groups is 3. The molecular weight excluding hydrogens is 414 g/mol. The molecule has 0 aliphatic heterocycles. The largest absolute Gasteiger partial charge is 1.00 e. The van der Waals surface area contributed by atoms with E-state index >= 15 is 0 Å². The van der Waals surface area contributed by atoms with Gasteiger partial charge in [-0.25, -0.2) is 4.39 Å². The quantitative estimate of drug-likeness (QED) is 0.704. The minimum Gasteiger partial charge on any atom is -0.668 e. The minimum absolute atomic E-state index is 0. The average Bonchev–Trinajstić information content (AvgIpc) is 3.06. The smallest absolute Gasteiger partial charge is 0.668 e. The van der Waals surface area contributed by atoms with Crippen molar-refractivity contribution in [1.29, 1.82) is 5.26 Å². The Hall–Kier alpha value is -1.67. The van der Waals surface area contributed by atoms with Crippen molar-refractivity contribution < 1.29 is 70.2 Å². The molecule has 160 valence electrons. The van der Waals surface area contributed by atoms with Crippen molar-refractivity contribution in [2.45, 2.75) is 27.2 Å². The van der Waals surface area contributed by atoms with E-state index in [0.717, 1.165) is 11.6 Å². The van der Waals surface area contributed by atoms with Crippen LogP contribution in [0.2, 0.25) is 0 Å². The Balaban J connectivity index is -0.000000265. The van der Waals surface area contributed by atoms with Gasteiger partial charge in [-0.05, 0) is 36.8 Å². The fourth-order valence-corrected chi connectivity index (χ4v) is 1.84. The van der Waals surface area contributed by atoms with E-state index in [1.165, 1.54) is 18.6 Å². The predicted octanol–water partition coefficient (Wildman–Crippen LogP) is 1.27. The van der Waals surface area contributed by atoms with E-state index in [1.807, 2.05) is 26.7 Å². The second-order valence-electron chi connectivity index (χ2n) is 5.43. The van der Waals surface area contributed by atoms with Gasteiger partial charge in [-0.2, -0.15) is 19.4 Å². The second kappa shape index (κ2) is 23.6. The van der Waals surface area contributed by atoms with Crippen molar-refractivity contribution in [2.75, 3.05) is 19.4 Å². The van der Waals surface area contributed by atoms with Crippen molar-refractivity contribution in [3.8, 4) is 6.07 Å². The molecule has 2 aromatic rings. The summed E-state index contributed by atoms with van der Waals surface area (Å²) in [4.78, 5) is 28.0. The molecule has 0 radical (unpaired) electrons. The Morgan fingerprint density at radius 3 is 2.03 bits per heavy atom. The van der Waals surface area contributed by atoms with Gasteiger partial charge >= 0.3 is 51.4 Å². The van der Waals surface area contributed by atoms with Gasteiger partial charge in [0, 0.05) is 18.9 Å². The predicted molar refractivity (Wildman–Crippen MR) is 115 cm³/mol. The van der Waals surface area contributed by atoms with E-state index in [4.69, 9.17) is 14.9 Å². The number of nitrogens with one attached hydrogen (secondary N) is 1. The third kappa shape index (κ3) is 15.2. The van der Waals surface area contributed by atoms with Gasteiger partial charge in [0.15, 0.2) is 0 Å². The molecule has 0 saturated carbocycles. The fourth-order valence-electron chi connectivity index (χ4n) is 1.84. The number of halogens is 1. The normalized spacial score (nSPS) is 7.80. The average molecular weight is 445 g/mol. The van der Waals surface area contributed by atoms with Crippen LogP contribution in [0.3, 0.4) is 0 Å². The van der Waals surface area contributed by atoms with Crippen molar-refractivity contribution in [3.63, 3.8) is 0 Å². The molecule has 1 amide bonds. The van der Waals surface area contributed by atoms with Crippen LogP contribution in [-0.2, 0) is 16.6 Å². The SMILES string of the molecule is C=O.C=O.CCC.C[N-]C.Cc1cc(C(=O)Nc2ccc(F)c(C#N)c2)n(C)c1.[K+]. The Bertz CT molecular complexity index is 757. The molecule has 7 nitrogen and oxygen atoms in total. The number of amides is 1. The van der Waals surface area contributed by atoms with Gasteiger partial charge in [0.2, 0.25) is 0 Å². The van der Waals surface area contributed by atoms with Crippen LogP contribution in [0.25, 0.3) is 5.32 Å². The Kier molecular flexibility index (Phi) is 28.1. The zero-order chi connectivity index (χ0) is 23.4. The standard InChI is InChI=1S/C14H12FN3O.C3H8.C2H6N.2CH2O.K/c1-9-5-13(18(2)8-9)14(19)17-11-3-4-12(15)10(6-11)7-16;2*1-3-2;2*1-2;/h3-6,8H,1-2H3,(H,17,19);3H2,1-2H3;1-2H3;2*1H2;/q;;-1;;;+1. The molecule has 9 heteroatoms. The van der Waals surface area contributed by atoms with Gasteiger partial charge in [-0.1, -0.05) is 20.3 Å². The number of hydrogen-bond acceptors (Lipinski definition) is 4. The summed E-state index contributed by atoms with van der Waals surface area (Å²) in [6.45, 7) is 10.1. The molecule has 1 aromatic heterocycles. The van der Waals surface area contributed by atoms with Gasteiger partial charge < -0.3 is 24.8 Å². The minimum atomic E-state index is -0.602. The van der Waals surface area contributed by atoms with E-state index in [2.05, 4.69) is 24.5 Å². The number of rotatable bonds is 2. The van der Waals surface area contributed by atoms with Crippen LogP contribution in [0, 0.1) is 24.1 Å². The molecule has 0 fully saturated rings. The fraction of sp³-hybridized carbons (Fsp3) is 0.333. The van der Waals surface area contributed by atoms with Gasteiger partial charge in [-0.3, -0.25) is 4.79 Å². The van der Waals surface area contributed by atoms with E-state index in [9.17, 15) is 9.18 Å². The summed E-state index contributed by atoms with van der Waals surface area (Å²) in [5, 5.41) is 14.9. The van der Waals surface area contributed by atoms with Crippen LogP contribution in [0.1, 0.15) is 41.9 Å². The first kappa shape index (κ1) is 35.7. The van der Waals surface area contributed by atoms with Gasteiger partial charge in [0.1, 0.15) is 31.2 Å². The molecule has 0 aliphatic carbocycles. The first-order valence-corrected chi connectivity index (χ1v) is 8.54. The van der Waals surface area contributed by atoms with Crippen LogP contribution in [-0.4, -0.2) is 38.1 Å². The number of aromatic nitrogens is 1. The summed E-state index contributed by atoms with van der Waals surface area (Å²) in [7, 11) is 5.27. The number of nitriles is 1. The van der Waals surface area contributed by atoms with Gasteiger partial charge in [0.05, 0.1) is 5.56 Å². The number of anilines is 1. The van der Waals surface area contributed by atoms with E-state index in [1.54, 1.807) is 37.8 Å². The van der Waals surface area contributed by atoms with Crippen molar-refractivity contribution in [2.24, 2.45) is 7.05 Å². The number of nitrogens with zero attached hydrogens (tertiary/aromatic N) is 3. The van der Waals surface area contributed by atoms with Gasteiger partial charge in [0.25, 0.3) is 5.91 Å². The molecule has 0 bridgehead atoms. The van der Waals surface area contributed by atoms with E-state index in [-0.39, 0.29) is 62.9 Å². The molecule has 0 spiro atoms. The van der Waals surface area contributed by atoms with E-state index < -0.39 is 5.82 Å². The van der Waals surface area contributed by atoms with Crippen molar-refractivity contribution >= 4 is 25.2 Å². The van der Waals surface area contributed by atoms with Crippen molar-refractivity contribution in [3.05, 3.63) is 58.4 Å². The number of carbonyl (C=O) groups excluding carboxylic acids is 3. The molecule has 0 unspecified atom stereocenters. The topological polar surface area (TPSA) is 106 Å². The maximum atomic E-state index is 13.2. The van der Waals surface area contributed by atoms with E-state index in [0.29, 0.717) is 11.4 Å². The van der Waals surface area contributed by atoms with Crippen LogP contribution in [0.4, 0.5) is 10.1 Å². The Morgan fingerprint density at radius 1 is 1.20 bits per heavy atom. The maximum Gasteiger partial charge on any atom is 1.00 e. The first-order valence-electron chi connectivity index (χ1n) is 8.54. The molecule has 0 atom stereocenters. The second-order valence-corrected chi connectivity index (χ2v) is 5.43. The molecule has 0 aliphatic rings. The number of hydrogen-bond donors (Lipinski definition) is 1. The Labute approximate surface area is 221 Å². The zero-order valence-corrected chi connectivity index (χ0v) is 22.1. The Morgan fingerprint density at radius 2 is 1.67 bits per heavy atom. The molecule has 2 rings (SSSR count). The molecule has 1 N–H and O–H groups in total. The summed E-state index contributed by atoms with van der Waals surface area (Å²) in [5.74, 6) is -0.902. The summed E-state index contributed by atoms with van der Waals surface area (Å²) >= 11 is 0. The molecule has 30 heavy (non-hydrogen) atoms. The van der Waals surface area contributed by atoms with Crippen molar-refractivity contribution in [1.82, 2.24) is 4.57 Å². The number of benzene rings is 1. The van der Waals surface area contributed by atoms with Crippen LogP contribution >= 0.6 is 0 Å². The third-order valence-corrected chi connectivity index (χ3v) is 2.72. The molecule has 1 heterocycles. The first-order chi connectivity index (χ1) is 13.8. The third-order valence-electron chi connectivity index (χ3n) is 2.72. The summed E-state index contributed by atoms with van der Waals surface area (Å²) in [6, 6.07) is 7.37. The molecular formula is C21H30FKN4O3. The van der Waals surface area contributed by atoms with Crippen LogP contribution in [0.5, 0.6) is 0 Å². The zero-order valence-electron chi connectivity index (χ0n) is 19.0. The molecule has 1 aromatic carbocycles. The van der Waals surface area contributed by atoms with Crippen LogP contribution < -0.4 is 56.7 Å². The monoisotopic (exact) mass is 444 g/mol. The summed E-state index contributed by atoms with van der Waals surface area (Å²) < 4.78 is 14.9. The summed E-state index contributed by atoms with van der Waals surface area (Å²) in [5.41, 5.74) is 1.77. The number of aryl methyl sites for hydroxylation is 2. The molecule has 0 saturated heterocycles. The maximum absolute atomic E-state index is 13.2. The van der Waals surface area contributed by atoms with Gasteiger partial charge in [-0.15, -0.1) is 0 Å². The van der Waals surface area contributed by atoms with Crippen LogP contribution in [0.15, 0.2) is 30.5 Å². The summed E-state index contributed by atoms with van der Waals surface area (Å²) in [6.07, 6.45) is 3.08.